The molecule has 0 atom stereocenters. The smallest absolute Gasteiger partial charge is 0.338 e. The Hall–Kier alpha value is -1.44. The van der Waals surface area contributed by atoms with E-state index in [1.807, 2.05) is 0 Å². The summed E-state index contributed by atoms with van der Waals surface area (Å²) < 4.78 is 32.2. The highest BCUT2D eigenvalue weighted by Gasteiger charge is 2.25. The van der Waals surface area contributed by atoms with Crippen LogP contribution >= 0.6 is 0 Å². The molecule has 122 valence electrons. The maximum absolute atomic E-state index is 12.4. The number of carbonyl (C=O) groups is 1. The number of nitrogens with one attached hydrogen (secondary N) is 1. The number of esters is 1. The fraction of sp³-hybridized carbons (Fsp3) is 0.533. The minimum Gasteiger partial charge on any atom is -0.465 e. The van der Waals surface area contributed by atoms with Gasteiger partial charge in [-0.2, -0.15) is 0 Å². The minimum atomic E-state index is -3.59. The average Bonchev–Trinajstić information content (AvgIpc) is 2.48. The van der Waals surface area contributed by atoms with Gasteiger partial charge in [-0.3, -0.25) is 0 Å². The summed E-state index contributed by atoms with van der Waals surface area (Å²) in [4.78, 5) is 11.7. The monoisotopic (exact) mass is 326 g/mol. The first-order valence-electron chi connectivity index (χ1n) is 7.30. The van der Waals surface area contributed by atoms with Crippen molar-refractivity contribution < 1.29 is 17.9 Å². The van der Waals surface area contributed by atoms with Crippen molar-refractivity contribution in [3.05, 3.63) is 29.3 Å². The molecule has 7 heteroatoms. The van der Waals surface area contributed by atoms with Crippen molar-refractivity contribution in [2.24, 2.45) is 5.73 Å². The van der Waals surface area contributed by atoms with Gasteiger partial charge in [-0.1, -0.05) is 0 Å². The molecule has 1 aliphatic rings. The Labute approximate surface area is 131 Å². The number of rotatable bonds is 4. The van der Waals surface area contributed by atoms with Crippen molar-refractivity contribution in [2.45, 2.75) is 49.6 Å². The Kier molecular flexibility index (Phi) is 5.20. The van der Waals surface area contributed by atoms with Crippen molar-refractivity contribution >= 4 is 16.0 Å². The van der Waals surface area contributed by atoms with Crippen molar-refractivity contribution in [1.29, 1.82) is 0 Å². The van der Waals surface area contributed by atoms with Gasteiger partial charge in [0.2, 0.25) is 10.0 Å². The molecular formula is C15H22N2O4S. The third-order valence-electron chi connectivity index (χ3n) is 4.01. The Morgan fingerprint density at radius 2 is 1.91 bits per heavy atom. The highest BCUT2D eigenvalue weighted by atomic mass is 32.2. The van der Waals surface area contributed by atoms with Gasteiger partial charge in [-0.15, -0.1) is 0 Å². The normalized spacial score (nSPS) is 22.3. The van der Waals surface area contributed by atoms with Crippen LogP contribution in [-0.4, -0.2) is 33.6 Å². The molecule has 2 rings (SSSR count). The Morgan fingerprint density at radius 3 is 2.45 bits per heavy atom. The molecule has 0 spiro atoms. The van der Waals surface area contributed by atoms with E-state index in [0.29, 0.717) is 11.1 Å². The topological polar surface area (TPSA) is 98.5 Å². The van der Waals surface area contributed by atoms with E-state index in [1.54, 1.807) is 6.92 Å². The molecule has 1 saturated carbocycles. The molecule has 3 N–H and O–H groups in total. The summed E-state index contributed by atoms with van der Waals surface area (Å²) in [5, 5.41) is 0. The van der Waals surface area contributed by atoms with Gasteiger partial charge in [0.1, 0.15) is 0 Å². The number of benzene rings is 1. The second-order valence-electron chi connectivity index (χ2n) is 5.70. The number of nitrogens with two attached hydrogens (primary N) is 1. The van der Waals surface area contributed by atoms with E-state index in [0.717, 1.165) is 25.7 Å². The molecule has 1 aromatic carbocycles. The quantitative estimate of drug-likeness (QED) is 0.813. The Balaban J connectivity index is 2.16. The lowest BCUT2D eigenvalue weighted by molar-refractivity contribution is 0.0600. The lowest BCUT2D eigenvalue weighted by Crippen LogP contribution is -2.40. The molecule has 0 unspecified atom stereocenters. The average molecular weight is 326 g/mol. The van der Waals surface area contributed by atoms with Crippen LogP contribution in [-0.2, 0) is 14.8 Å². The van der Waals surface area contributed by atoms with Crippen LogP contribution in [0, 0.1) is 6.92 Å². The molecule has 6 nitrogen and oxygen atoms in total. The molecule has 1 aliphatic carbocycles. The van der Waals surface area contributed by atoms with Crippen molar-refractivity contribution in [3.8, 4) is 0 Å². The molecule has 1 aromatic rings. The van der Waals surface area contributed by atoms with E-state index >= 15 is 0 Å². The lowest BCUT2D eigenvalue weighted by atomic mass is 9.93. The highest BCUT2D eigenvalue weighted by Crippen LogP contribution is 2.21. The maximum Gasteiger partial charge on any atom is 0.338 e. The summed E-state index contributed by atoms with van der Waals surface area (Å²) in [6.45, 7) is 1.69. The maximum atomic E-state index is 12.4. The summed E-state index contributed by atoms with van der Waals surface area (Å²) in [6, 6.07) is 4.49. The minimum absolute atomic E-state index is 0.0783. The first-order valence-corrected chi connectivity index (χ1v) is 8.78. The summed E-state index contributed by atoms with van der Waals surface area (Å²) in [6.07, 6.45) is 3.15. The predicted octanol–water partition coefficient (Wildman–Crippen LogP) is 1.33. The fourth-order valence-electron chi connectivity index (χ4n) is 2.67. The van der Waals surface area contributed by atoms with Crippen molar-refractivity contribution in [1.82, 2.24) is 4.72 Å². The Morgan fingerprint density at radius 1 is 1.27 bits per heavy atom. The van der Waals surface area contributed by atoms with Gasteiger partial charge >= 0.3 is 5.97 Å². The van der Waals surface area contributed by atoms with Gasteiger partial charge in [-0.05, 0) is 56.4 Å². The molecule has 0 saturated heterocycles. The fourth-order valence-corrected chi connectivity index (χ4v) is 4.06. The van der Waals surface area contributed by atoms with Crippen LogP contribution in [0.25, 0.3) is 0 Å². The van der Waals surface area contributed by atoms with E-state index in [9.17, 15) is 13.2 Å². The van der Waals surface area contributed by atoms with Gasteiger partial charge in [0.15, 0.2) is 0 Å². The van der Waals surface area contributed by atoms with Crippen LogP contribution in [0.1, 0.15) is 41.6 Å². The van der Waals surface area contributed by atoms with Gasteiger partial charge in [0.25, 0.3) is 0 Å². The van der Waals surface area contributed by atoms with E-state index in [2.05, 4.69) is 9.46 Å². The van der Waals surface area contributed by atoms with E-state index in [-0.39, 0.29) is 17.0 Å². The van der Waals surface area contributed by atoms with Crippen LogP contribution in [0.4, 0.5) is 0 Å². The van der Waals surface area contributed by atoms with Gasteiger partial charge in [0, 0.05) is 12.1 Å². The molecule has 0 bridgehead atoms. The van der Waals surface area contributed by atoms with Crippen LogP contribution in [0.5, 0.6) is 0 Å². The van der Waals surface area contributed by atoms with Crippen LogP contribution in [0.15, 0.2) is 23.1 Å². The molecule has 0 aromatic heterocycles. The molecule has 0 amide bonds. The van der Waals surface area contributed by atoms with E-state index in [1.165, 1.54) is 25.3 Å². The van der Waals surface area contributed by atoms with Gasteiger partial charge in [0.05, 0.1) is 17.6 Å². The van der Waals surface area contributed by atoms with Crippen LogP contribution in [0.3, 0.4) is 0 Å². The third kappa shape index (κ3) is 3.85. The first-order chi connectivity index (χ1) is 10.3. The number of hydrogen-bond acceptors (Lipinski definition) is 5. The summed E-state index contributed by atoms with van der Waals surface area (Å²) >= 11 is 0. The largest absolute Gasteiger partial charge is 0.465 e. The first kappa shape index (κ1) is 16.9. The van der Waals surface area contributed by atoms with Crippen LogP contribution < -0.4 is 10.5 Å². The SMILES string of the molecule is COC(=O)c1ccc(S(=O)(=O)NC2CCC(N)CC2)cc1C. The number of hydrogen-bond donors (Lipinski definition) is 2. The highest BCUT2D eigenvalue weighted by molar-refractivity contribution is 7.89. The number of ether oxygens (including phenoxy) is 1. The second-order valence-corrected chi connectivity index (χ2v) is 7.42. The summed E-state index contributed by atoms with van der Waals surface area (Å²) in [7, 11) is -2.30. The van der Waals surface area contributed by atoms with Crippen molar-refractivity contribution in [3.63, 3.8) is 0 Å². The predicted molar refractivity (Wildman–Crippen MR) is 83.1 cm³/mol. The Bertz CT molecular complexity index is 650. The zero-order valence-corrected chi connectivity index (χ0v) is 13.7. The summed E-state index contributed by atoms with van der Waals surface area (Å²) in [5.74, 6) is -0.476. The van der Waals surface area contributed by atoms with Crippen LogP contribution in [0.2, 0.25) is 0 Å². The molecular weight excluding hydrogens is 304 g/mol. The number of sulfonamides is 1. The van der Waals surface area contributed by atoms with Crippen molar-refractivity contribution in [2.75, 3.05) is 7.11 Å². The zero-order chi connectivity index (χ0) is 16.3. The zero-order valence-electron chi connectivity index (χ0n) is 12.8. The number of methoxy groups -OCH3 is 1. The van der Waals surface area contributed by atoms with E-state index < -0.39 is 16.0 Å². The van der Waals surface area contributed by atoms with E-state index in [4.69, 9.17) is 5.73 Å². The number of carbonyl (C=O) groups excluding carboxylic acids is 1. The molecule has 0 aliphatic heterocycles. The standard InChI is InChI=1S/C15H22N2O4S/c1-10-9-13(7-8-14(10)15(18)21-2)22(19,20)17-12-5-3-11(16)4-6-12/h7-9,11-12,17H,3-6,16H2,1-2H3. The molecule has 22 heavy (non-hydrogen) atoms. The molecule has 0 radical (unpaired) electrons. The number of aryl methyl sites for hydroxylation is 1. The van der Waals surface area contributed by atoms with Gasteiger partial charge < -0.3 is 10.5 Å². The third-order valence-corrected chi connectivity index (χ3v) is 5.53. The molecule has 0 heterocycles. The molecule has 1 fully saturated rings. The second kappa shape index (κ2) is 6.76. The van der Waals surface area contributed by atoms with Gasteiger partial charge in [-0.25, -0.2) is 17.9 Å². The lowest BCUT2D eigenvalue weighted by Gasteiger charge is -2.26. The summed E-state index contributed by atoms with van der Waals surface area (Å²) in [5.41, 5.74) is 6.76.